The van der Waals surface area contributed by atoms with Crippen molar-refractivity contribution < 1.29 is 41.3 Å². The second-order valence-electron chi connectivity index (χ2n) is 0.602. The molecule has 0 fully saturated rings. The van der Waals surface area contributed by atoms with E-state index in [0.29, 0.717) is 0 Å². The Morgan fingerprint density at radius 3 is 1.38 bits per heavy atom. The monoisotopic (exact) mass is 163 g/mol. The Bertz CT molecular complexity index is 86.6. The molecule has 0 aromatic heterocycles. The van der Waals surface area contributed by atoms with Crippen LogP contribution in [0.2, 0.25) is 0 Å². The molecule has 0 aliphatic heterocycles. The van der Waals surface area contributed by atoms with Gasteiger partial charge in [-0.25, -0.2) is 0 Å². The topological polar surface area (TPSA) is 89.5 Å². The van der Waals surface area contributed by atoms with E-state index in [0.717, 1.165) is 0 Å². The molecule has 0 unspecified atom stereocenters. The van der Waals surface area contributed by atoms with E-state index in [2.05, 4.69) is 4.74 Å². The van der Waals surface area contributed by atoms with Gasteiger partial charge in [0.2, 0.25) is 0 Å². The quantitative estimate of drug-likeness (QED) is 0.295. The van der Waals surface area contributed by atoms with Gasteiger partial charge < -0.3 is 24.5 Å². The third kappa shape index (κ3) is 8.98. The number of hydrogen-bond acceptors (Lipinski definition) is 5. The van der Waals surface area contributed by atoms with Crippen molar-refractivity contribution in [2.45, 2.75) is 0 Å². The van der Waals surface area contributed by atoms with Gasteiger partial charge in [0.25, 0.3) is 12.3 Å². The molecule has 0 N–H and O–H groups in total. The molecule has 47 valence electrons. The molecule has 0 bridgehead atoms. The van der Waals surface area contributed by atoms with E-state index in [1.54, 1.807) is 0 Å². The standard InChI is InChI=1S/C2H2O5.Co/c3-1(4)7-2(5)6;/h(H,3,4)(H,5,6);/q;+2/p-2. The first-order valence-electron chi connectivity index (χ1n) is 1.22. The summed E-state index contributed by atoms with van der Waals surface area (Å²) < 4.78 is 2.86. The summed E-state index contributed by atoms with van der Waals surface area (Å²) in [4.78, 5) is 18.1. The van der Waals surface area contributed by atoms with E-state index < -0.39 is 12.3 Å². The van der Waals surface area contributed by atoms with E-state index in [4.69, 9.17) is 19.8 Å². The van der Waals surface area contributed by atoms with Gasteiger partial charge in [-0.05, 0) is 0 Å². The van der Waals surface area contributed by atoms with Crippen LogP contribution in [-0.2, 0) is 21.5 Å². The van der Waals surface area contributed by atoms with Crippen molar-refractivity contribution in [2.24, 2.45) is 0 Å². The van der Waals surface area contributed by atoms with Crippen molar-refractivity contribution in [3.05, 3.63) is 0 Å². The smallest absolute Gasteiger partial charge is 0.483 e. The molecule has 0 amide bonds. The van der Waals surface area contributed by atoms with Gasteiger partial charge in [-0.15, -0.1) is 0 Å². The van der Waals surface area contributed by atoms with Gasteiger partial charge in [0.05, 0.1) is 0 Å². The molecular weight excluding hydrogens is 163 g/mol. The molecule has 0 aromatic rings. The Hall–Kier alpha value is -0.754. The van der Waals surface area contributed by atoms with E-state index in [-0.39, 0.29) is 16.8 Å². The minimum atomic E-state index is -2.12. The van der Waals surface area contributed by atoms with Crippen molar-refractivity contribution in [3.63, 3.8) is 0 Å². The van der Waals surface area contributed by atoms with Crippen LogP contribution in [0, 0.1) is 0 Å². The minimum absolute atomic E-state index is 0. The average molecular weight is 163 g/mol. The van der Waals surface area contributed by atoms with E-state index in [9.17, 15) is 0 Å². The number of rotatable bonds is 0. The van der Waals surface area contributed by atoms with Gasteiger partial charge in [0, 0.05) is 0 Å². The molecule has 0 heterocycles. The molecular formula is C2CoO5. The number of hydrogen-bond donors (Lipinski definition) is 0. The summed E-state index contributed by atoms with van der Waals surface area (Å²) in [6.45, 7) is 0. The van der Waals surface area contributed by atoms with Crippen LogP contribution in [0.15, 0.2) is 0 Å². The maximum atomic E-state index is 9.06. The summed E-state index contributed by atoms with van der Waals surface area (Å²) >= 11 is 0. The van der Waals surface area contributed by atoms with Crippen LogP contribution in [0.5, 0.6) is 0 Å². The third-order valence-electron chi connectivity index (χ3n) is 0.167. The zero-order chi connectivity index (χ0) is 5.86. The van der Waals surface area contributed by atoms with Gasteiger partial charge in [-0.3, -0.25) is 0 Å². The van der Waals surface area contributed by atoms with Crippen LogP contribution in [0.1, 0.15) is 0 Å². The largest absolute Gasteiger partial charge is 2.00 e. The molecule has 0 saturated heterocycles. The van der Waals surface area contributed by atoms with Crippen LogP contribution < -0.4 is 10.2 Å². The molecule has 6 heteroatoms. The van der Waals surface area contributed by atoms with Crippen LogP contribution in [0.3, 0.4) is 0 Å². The molecule has 0 saturated carbocycles. The maximum absolute atomic E-state index is 9.06. The molecule has 8 heavy (non-hydrogen) atoms. The number of carbonyl (C=O) groups is 2. The van der Waals surface area contributed by atoms with Crippen LogP contribution in [0.25, 0.3) is 0 Å². The van der Waals surface area contributed by atoms with Crippen molar-refractivity contribution in [3.8, 4) is 0 Å². The second-order valence-corrected chi connectivity index (χ2v) is 0.602. The Morgan fingerprint density at radius 1 is 1.12 bits per heavy atom. The van der Waals surface area contributed by atoms with Gasteiger partial charge in [0.1, 0.15) is 0 Å². The van der Waals surface area contributed by atoms with E-state index in [1.165, 1.54) is 0 Å². The Labute approximate surface area is 54.4 Å². The molecule has 1 radical (unpaired) electrons. The molecule has 5 nitrogen and oxygen atoms in total. The fourth-order valence-electron chi connectivity index (χ4n) is 0.0680. The first-order valence-corrected chi connectivity index (χ1v) is 1.22. The summed E-state index contributed by atoms with van der Waals surface area (Å²) in [6.07, 6.45) is -4.25. The SMILES string of the molecule is O=C([O-])OC(=O)[O-].[Co+2]. The summed E-state index contributed by atoms with van der Waals surface area (Å²) in [5.41, 5.74) is 0. The molecule has 0 atom stereocenters. The fourth-order valence-corrected chi connectivity index (χ4v) is 0.0680. The van der Waals surface area contributed by atoms with Gasteiger partial charge >= 0.3 is 16.8 Å². The summed E-state index contributed by atoms with van der Waals surface area (Å²) in [5, 5.41) is 18.1. The Kier molecular flexibility index (Phi) is 5.66. The minimum Gasteiger partial charge on any atom is -0.483 e. The molecule has 0 aromatic carbocycles. The second kappa shape index (κ2) is 4.41. The summed E-state index contributed by atoms with van der Waals surface area (Å²) in [5.74, 6) is 0. The zero-order valence-electron chi connectivity index (χ0n) is 3.37. The van der Waals surface area contributed by atoms with Crippen molar-refractivity contribution >= 4 is 12.3 Å². The van der Waals surface area contributed by atoms with Crippen molar-refractivity contribution in [2.75, 3.05) is 0 Å². The molecule has 0 rings (SSSR count). The average Bonchev–Trinajstić information content (AvgIpc) is 1.27. The van der Waals surface area contributed by atoms with Crippen LogP contribution in [0.4, 0.5) is 9.59 Å². The van der Waals surface area contributed by atoms with Crippen LogP contribution in [-0.4, -0.2) is 12.3 Å². The predicted octanol–water partition coefficient (Wildman–Crippen LogP) is -2.31. The molecule has 0 spiro atoms. The normalized spacial score (nSPS) is 6.50. The van der Waals surface area contributed by atoms with E-state index >= 15 is 0 Å². The van der Waals surface area contributed by atoms with Crippen molar-refractivity contribution in [1.82, 2.24) is 0 Å². The fraction of sp³-hybridized carbons (Fsp3) is 0. The van der Waals surface area contributed by atoms with Gasteiger partial charge in [-0.2, -0.15) is 0 Å². The first-order chi connectivity index (χ1) is 3.13. The first kappa shape index (κ1) is 10.3. The number of carboxylic acid groups (broad SMARTS) is 2. The van der Waals surface area contributed by atoms with Gasteiger partial charge in [0.15, 0.2) is 0 Å². The van der Waals surface area contributed by atoms with Gasteiger partial charge in [-0.1, -0.05) is 0 Å². The number of ether oxygens (including phenoxy) is 1. The maximum Gasteiger partial charge on any atom is 2.00 e. The van der Waals surface area contributed by atoms with Crippen LogP contribution >= 0.6 is 0 Å². The summed E-state index contributed by atoms with van der Waals surface area (Å²) in [7, 11) is 0. The third-order valence-corrected chi connectivity index (χ3v) is 0.167. The van der Waals surface area contributed by atoms with E-state index in [1.807, 2.05) is 0 Å². The van der Waals surface area contributed by atoms with Crippen molar-refractivity contribution in [1.29, 1.82) is 0 Å². The predicted molar refractivity (Wildman–Crippen MR) is 11.9 cm³/mol. The number of carbonyl (C=O) groups excluding carboxylic acids is 2. The zero-order valence-corrected chi connectivity index (χ0v) is 4.42. The Morgan fingerprint density at radius 2 is 1.38 bits per heavy atom. The Balaban J connectivity index is 0. The molecule has 0 aliphatic carbocycles. The summed E-state index contributed by atoms with van der Waals surface area (Å²) in [6, 6.07) is 0. The molecule has 0 aliphatic rings.